The minimum Gasteiger partial charge on any atom is -0.497 e. The Morgan fingerprint density at radius 3 is 2.62 bits per heavy atom. The Morgan fingerprint density at radius 1 is 1.21 bits per heavy atom. The summed E-state index contributed by atoms with van der Waals surface area (Å²) >= 11 is 0. The van der Waals surface area contributed by atoms with Gasteiger partial charge in [-0.1, -0.05) is 0 Å². The number of hydrogen-bond donors (Lipinski definition) is 3. The topological polar surface area (TPSA) is 84.3 Å². The van der Waals surface area contributed by atoms with Crippen LogP contribution in [-0.4, -0.2) is 58.6 Å². The van der Waals surface area contributed by atoms with Crippen molar-refractivity contribution >= 4 is 5.96 Å². The van der Waals surface area contributed by atoms with Crippen molar-refractivity contribution in [2.24, 2.45) is 4.99 Å². The summed E-state index contributed by atoms with van der Waals surface area (Å²) in [5, 5.41) is 16.8. The quantitative estimate of drug-likeness (QED) is 0.339. The zero-order chi connectivity index (χ0) is 17.8. The van der Waals surface area contributed by atoms with Crippen LogP contribution in [0.1, 0.15) is 25.0 Å². The van der Waals surface area contributed by atoms with Crippen LogP contribution >= 0.6 is 0 Å². The Kier molecular flexibility index (Phi) is 9.64. The van der Waals surface area contributed by atoms with E-state index >= 15 is 0 Å². The van der Waals surface area contributed by atoms with Crippen LogP contribution in [-0.2, 0) is 4.74 Å². The highest BCUT2D eigenvalue weighted by Crippen LogP contribution is 2.29. The Morgan fingerprint density at radius 2 is 2.00 bits per heavy atom. The minimum absolute atomic E-state index is 0.211. The van der Waals surface area contributed by atoms with E-state index in [4.69, 9.17) is 14.2 Å². The molecule has 0 aromatic heterocycles. The summed E-state index contributed by atoms with van der Waals surface area (Å²) in [6.07, 6.45) is 0.0946. The van der Waals surface area contributed by atoms with Crippen LogP contribution in [0.2, 0.25) is 0 Å². The Hall–Kier alpha value is -1.99. The molecule has 0 saturated carbocycles. The number of nitrogens with zero attached hydrogens (tertiary/aromatic N) is 1. The summed E-state index contributed by atoms with van der Waals surface area (Å²) in [4.78, 5) is 4.43. The molecule has 0 saturated heterocycles. The van der Waals surface area contributed by atoms with E-state index in [1.165, 1.54) is 0 Å². The Bertz CT molecular complexity index is 509. The summed E-state index contributed by atoms with van der Waals surface area (Å²) in [6, 6.07) is 5.33. The number of methoxy groups -OCH3 is 3. The molecule has 0 aliphatic rings. The molecular formula is C17H29N3O4. The zero-order valence-corrected chi connectivity index (χ0v) is 15.0. The standard InChI is InChI=1S/C17H29N3O4/c1-5-18-17(19-9-6-10-22-2)20-12-15(21)14-11-13(23-3)7-8-16(14)24-4/h7-8,11,15,21H,5-6,9-10,12H2,1-4H3,(H2,18,19,20). The van der Waals surface area contributed by atoms with E-state index in [0.29, 0.717) is 29.6 Å². The van der Waals surface area contributed by atoms with Crippen molar-refractivity contribution < 1.29 is 19.3 Å². The van der Waals surface area contributed by atoms with Crippen molar-refractivity contribution in [3.05, 3.63) is 23.8 Å². The van der Waals surface area contributed by atoms with Crippen molar-refractivity contribution in [3.63, 3.8) is 0 Å². The highest BCUT2D eigenvalue weighted by Gasteiger charge is 2.14. The lowest BCUT2D eigenvalue weighted by Gasteiger charge is -2.16. The molecule has 0 bridgehead atoms. The molecule has 0 radical (unpaired) electrons. The van der Waals surface area contributed by atoms with Crippen LogP contribution in [0.3, 0.4) is 0 Å². The Labute approximate surface area is 144 Å². The van der Waals surface area contributed by atoms with Gasteiger partial charge in [0, 0.05) is 32.4 Å². The molecule has 0 aliphatic heterocycles. The first-order valence-electron chi connectivity index (χ1n) is 8.07. The molecule has 3 N–H and O–H groups in total. The summed E-state index contributed by atoms with van der Waals surface area (Å²) in [5.74, 6) is 1.93. The second kappa shape index (κ2) is 11.5. The van der Waals surface area contributed by atoms with E-state index in [2.05, 4.69) is 15.6 Å². The first-order valence-corrected chi connectivity index (χ1v) is 8.07. The van der Waals surface area contributed by atoms with Gasteiger partial charge in [0.2, 0.25) is 0 Å². The van der Waals surface area contributed by atoms with E-state index in [1.807, 2.05) is 6.92 Å². The lowest BCUT2D eigenvalue weighted by Crippen LogP contribution is -2.38. The molecule has 0 spiro atoms. The fourth-order valence-electron chi connectivity index (χ4n) is 2.14. The molecule has 1 rings (SSSR count). The average Bonchev–Trinajstić information content (AvgIpc) is 2.62. The summed E-state index contributed by atoms with van der Waals surface area (Å²) in [7, 11) is 4.84. The van der Waals surface area contributed by atoms with Crippen LogP contribution in [0.15, 0.2) is 23.2 Å². The van der Waals surface area contributed by atoms with Crippen LogP contribution in [0.5, 0.6) is 11.5 Å². The van der Waals surface area contributed by atoms with Gasteiger partial charge in [0.25, 0.3) is 0 Å². The number of benzene rings is 1. The van der Waals surface area contributed by atoms with Gasteiger partial charge in [-0.2, -0.15) is 0 Å². The molecule has 0 fully saturated rings. The van der Waals surface area contributed by atoms with Crippen molar-refractivity contribution in [1.82, 2.24) is 10.6 Å². The average molecular weight is 339 g/mol. The van der Waals surface area contributed by atoms with Crippen LogP contribution in [0.25, 0.3) is 0 Å². The fraction of sp³-hybridized carbons (Fsp3) is 0.588. The van der Waals surface area contributed by atoms with E-state index in [-0.39, 0.29) is 6.54 Å². The van der Waals surface area contributed by atoms with Crippen LogP contribution in [0, 0.1) is 0 Å². The van der Waals surface area contributed by atoms with Gasteiger partial charge in [0.05, 0.1) is 20.8 Å². The van der Waals surface area contributed by atoms with E-state index in [9.17, 15) is 5.11 Å². The molecule has 24 heavy (non-hydrogen) atoms. The summed E-state index contributed by atoms with van der Waals surface area (Å²) < 4.78 is 15.5. The monoisotopic (exact) mass is 339 g/mol. The number of aliphatic imine (C=N–C) groups is 1. The Balaban J connectivity index is 2.73. The highest BCUT2D eigenvalue weighted by molar-refractivity contribution is 5.79. The maximum Gasteiger partial charge on any atom is 0.191 e. The first kappa shape index (κ1) is 20.1. The maximum absolute atomic E-state index is 10.5. The van der Waals surface area contributed by atoms with Gasteiger partial charge < -0.3 is 30.0 Å². The lowest BCUT2D eigenvalue weighted by atomic mass is 10.1. The van der Waals surface area contributed by atoms with Gasteiger partial charge in [-0.3, -0.25) is 4.99 Å². The minimum atomic E-state index is -0.788. The largest absolute Gasteiger partial charge is 0.497 e. The van der Waals surface area contributed by atoms with Gasteiger partial charge >= 0.3 is 0 Å². The fourth-order valence-corrected chi connectivity index (χ4v) is 2.14. The normalized spacial score (nSPS) is 12.6. The van der Waals surface area contributed by atoms with E-state index in [0.717, 1.165) is 19.5 Å². The number of hydrogen-bond acceptors (Lipinski definition) is 5. The molecule has 7 nitrogen and oxygen atoms in total. The summed E-state index contributed by atoms with van der Waals surface area (Å²) in [6.45, 7) is 4.39. The van der Waals surface area contributed by atoms with Gasteiger partial charge in [-0.05, 0) is 31.5 Å². The van der Waals surface area contributed by atoms with Gasteiger partial charge in [-0.15, -0.1) is 0 Å². The first-order chi connectivity index (χ1) is 11.7. The van der Waals surface area contributed by atoms with Crippen molar-refractivity contribution in [2.45, 2.75) is 19.4 Å². The molecule has 0 heterocycles. The maximum atomic E-state index is 10.5. The summed E-state index contributed by atoms with van der Waals surface area (Å²) in [5.41, 5.74) is 0.649. The van der Waals surface area contributed by atoms with Crippen molar-refractivity contribution in [3.8, 4) is 11.5 Å². The lowest BCUT2D eigenvalue weighted by molar-refractivity contribution is 0.182. The van der Waals surface area contributed by atoms with Crippen LogP contribution in [0.4, 0.5) is 0 Å². The molecule has 136 valence electrons. The molecule has 7 heteroatoms. The third-order valence-electron chi connectivity index (χ3n) is 3.38. The molecule has 1 aromatic rings. The van der Waals surface area contributed by atoms with E-state index < -0.39 is 6.10 Å². The molecule has 1 aromatic carbocycles. The number of guanidine groups is 1. The van der Waals surface area contributed by atoms with Crippen molar-refractivity contribution in [2.75, 3.05) is 47.6 Å². The number of nitrogens with one attached hydrogen (secondary N) is 2. The predicted molar refractivity (Wildman–Crippen MR) is 95.0 cm³/mol. The number of aliphatic hydroxyl groups excluding tert-OH is 1. The molecule has 0 amide bonds. The smallest absolute Gasteiger partial charge is 0.191 e. The van der Waals surface area contributed by atoms with Crippen LogP contribution < -0.4 is 20.1 Å². The molecule has 1 atom stereocenters. The second-order valence-electron chi connectivity index (χ2n) is 5.12. The third-order valence-corrected chi connectivity index (χ3v) is 3.38. The zero-order valence-electron chi connectivity index (χ0n) is 15.0. The van der Waals surface area contributed by atoms with Crippen molar-refractivity contribution in [1.29, 1.82) is 0 Å². The number of aliphatic hydroxyl groups is 1. The van der Waals surface area contributed by atoms with Gasteiger partial charge in [0.1, 0.15) is 17.6 Å². The van der Waals surface area contributed by atoms with Gasteiger partial charge in [-0.25, -0.2) is 0 Å². The third kappa shape index (κ3) is 6.64. The number of ether oxygens (including phenoxy) is 3. The highest BCUT2D eigenvalue weighted by atomic mass is 16.5. The molecule has 0 aliphatic carbocycles. The van der Waals surface area contributed by atoms with E-state index in [1.54, 1.807) is 39.5 Å². The number of rotatable bonds is 10. The van der Waals surface area contributed by atoms with Gasteiger partial charge in [0.15, 0.2) is 5.96 Å². The SMILES string of the molecule is CCNC(=NCC(O)c1cc(OC)ccc1OC)NCCCOC. The predicted octanol–water partition coefficient (Wildman–Crippen LogP) is 1.33. The molecule has 1 unspecified atom stereocenters. The second-order valence-corrected chi connectivity index (χ2v) is 5.12. The molecular weight excluding hydrogens is 310 g/mol.